The highest BCUT2D eigenvalue weighted by atomic mass is 16.3. The predicted molar refractivity (Wildman–Crippen MR) is 75.8 cm³/mol. The number of carbonyl (C=O) groups is 1. The Morgan fingerprint density at radius 2 is 2.05 bits per heavy atom. The van der Waals surface area contributed by atoms with Gasteiger partial charge in [0.15, 0.2) is 11.4 Å². The van der Waals surface area contributed by atoms with Crippen LogP contribution >= 0.6 is 0 Å². The second-order valence-corrected chi connectivity index (χ2v) is 5.31. The van der Waals surface area contributed by atoms with Crippen LogP contribution in [0.2, 0.25) is 0 Å². The van der Waals surface area contributed by atoms with Crippen LogP contribution in [0.4, 0.5) is 0 Å². The van der Waals surface area contributed by atoms with E-state index in [1.807, 2.05) is 30.3 Å². The summed E-state index contributed by atoms with van der Waals surface area (Å²) in [6.07, 6.45) is 1.40. The van der Waals surface area contributed by atoms with Crippen molar-refractivity contribution in [2.45, 2.75) is 19.4 Å². The Hall–Kier alpha value is -2.34. The fraction of sp³-hybridized carbons (Fsp3) is 0.286. The molecule has 2 rings (SSSR count). The molecule has 4 N–H and O–H groups in total. The molecule has 0 unspecified atom stereocenters. The lowest BCUT2D eigenvalue weighted by Crippen LogP contribution is -2.45. The molecule has 1 amide bonds. The largest absolute Gasteiger partial charge is 0.504 e. The van der Waals surface area contributed by atoms with Crippen LogP contribution in [0.15, 0.2) is 36.5 Å². The minimum atomic E-state index is -0.521. The van der Waals surface area contributed by atoms with Gasteiger partial charge in [-0.2, -0.15) is 5.10 Å². The van der Waals surface area contributed by atoms with Gasteiger partial charge in [0.25, 0.3) is 5.91 Å². The smallest absolute Gasteiger partial charge is 0.275 e. The Morgan fingerprint density at radius 1 is 1.40 bits per heavy atom. The van der Waals surface area contributed by atoms with E-state index in [1.165, 1.54) is 10.9 Å². The van der Waals surface area contributed by atoms with E-state index in [1.54, 1.807) is 13.8 Å². The fourth-order valence-electron chi connectivity index (χ4n) is 1.63. The van der Waals surface area contributed by atoms with Gasteiger partial charge in [0.05, 0.1) is 11.9 Å². The maximum atomic E-state index is 12.0. The predicted octanol–water partition coefficient (Wildman–Crippen LogP) is 1.04. The van der Waals surface area contributed by atoms with Crippen LogP contribution in [0, 0.1) is 0 Å². The number of nitrogens with zero attached hydrogens (tertiary/aromatic N) is 2. The summed E-state index contributed by atoms with van der Waals surface area (Å²) >= 11 is 0. The number of para-hydroxylation sites is 1. The first-order valence-corrected chi connectivity index (χ1v) is 6.28. The lowest BCUT2D eigenvalue weighted by Gasteiger charge is -2.18. The number of carbonyl (C=O) groups excluding carboxylic acids is 1. The van der Waals surface area contributed by atoms with Gasteiger partial charge in [0.1, 0.15) is 0 Å². The second kappa shape index (κ2) is 5.34. The van der Waals surface area contributed by atoms with Gasteiger partial charge in [-0.15, -0.1) is 0 Å². The second-order valence-electron chi connectivity index (χ2n) is 5.31. The zero-order chi connectivity index (χ0) is 14.8. The summed E-state index contributed by atoms with van der Waals surface area (Å²) in [5.41, 5.74) is 6.02. The number of hydrogen-bond acceptors (Lipinski definition) is 4. The van der Waals surface area contributed by atoms with E-state index in [-0.39, 0.29) is 11.4 Å². The molecule has 0 atom stereocenters. The van der Waals surface area contributed by atoms with Gasteiger partial charge in [0.2, 0.25) is 0 Å². The third-order valence-corrected chi connectivity index (χ3v) is 2.64. The normalized spacial score (nSPS) is 11.3. The molecule has 0 aliphatic carbocycles. The van der Waals surface area contributed by atoms with Crippen LogP contribution in [-0.4, -0.2) is 32.9 Å². The first-order valence-electron chi connectivity index (χ1n) is 6.28. The molecule has 0 radical (unpaired) electrons. The molecule has 106 valence electrons. The van der Waals surface area contributed by atoms with Crippen LogP contribution in [0.1, 0.15) is 24.3 Å². The molecule has 0 bridgehead atoms. The van der Waals surface area contributed by atoms with Crippen molar-refractivity contribution in [3.63, 3.8) is 0 Å². The van der Waals surface area contributed by atoms with Gasteiger partial charge in [-0.3, -0.25) is 4.79 Å². The fourth-order valence-corrected chi connectivity index (χ4v) is 1.63. The summed E-state index contributed by atoms with van der Waals surface area (Å²) in [6.45, 7) is 3.90. The number of benzene rings is 1. The quantitative estimate of drug-likeness (QED) is 0.776. The monoisotopic (exact) mass is 274 g/mol. The van der Waals surface area contributed by atoms with Crippen molar-refractivity contribution in [3.8, 4) is 11.4 Å². The molecule has 0 saturated heterocycles. The topological polar surface area (TPSA) is 93.2 Å². The van der Waals surface area contributed by atoms with Crippen molar-refractivity contribution in [1.82, 2.24) is 15.1 Å². The number of amides is 1. The molecule has 0 spiro atoms. The number of aromatic nitrogens is 2. The number of aromatic hydroxyl groups is 1. The van der Waals surface area contributed by atoms with E-state index < -0.39 is 11.4 Å². The average Bonchev–Trinajstić information content (AvgIpc) is 2.78. The minimum absolute atomic E-state index is 0.0156. The molecule has 1 heterocycles. The zero-order valence-electron chi connectivity index (χ0n) is 11.5. The molecule has 2 aromatic rings. The number of nitrogens with two attached hydrogens (primary N) is 1. The van der Waals surface area contributed by atoms with Crippen LogP contribution in [0.3, 0.4) is 0 Å². The lowest BCUT2D eigenvalue weighted by atomic mass is 10.1. The molecule has 0 aliphatic heterocycles. The number of hydrogen-bond donors (Lipinski definition) is 3. The van der Waals surface area contributed by atoms with Crippen LogP contribution in [0.25, 0.3) is 5.69 Å². The van der Waals surface area contributed by atoms with Gasteiger partial charge < -0.3 is 16.2 Å². The Balaban J connectivity index is 2.18. The van der Waals surface area contributed by atoms with E-state index >= 15 is 0 Å². The van der Waals surface area contributed by atoms with E-state index in [0.29, 0.717) is 6.54 Å². The van der Waals surface area contributed by atoms with E-state index in [9.17, 15) is 9.90 Å². The van der Waals surface area contributed by atoms with Crippen molar-refractivity contribution in [2.75, 3.05) is 6.54 Å². The molecular weight excluding hydrogens is 256 g/mol. The Morgan fingerprint density at radius 3 is 2.65 bits per heavy atom. The summed E-state index contributed by atoms with van der Waals surface area (Å²) in [6, 6.07) is 9.24. The summed E-state index contributed by atoms with van der Waals surface area (Å²) in [5, 5.41) is 16.6. The molecule has 0 saturated carbocycles. The van der Waals surface area contributed by atoms with Crippen molar-refractivity contribution in [1.29, 1.82) is 0 Å². The maximum absolute atomic E-state index is 12.0. The molecule has 20 heavy (non-hydrogen) atoms. The van der Waals surface area contributed by atoms with Crippen molar-refractivity contribution in [3.05, 3.63) is 42.2 Å². The maximum Gasteiger partial charge on any atom is 0.275 e. The van der Waals surface area contributed by atoms with Crippen LogP contribution in [0.5, 0.6) is 5.75 Å². The van der Waals surface area contributed by atoms with E-state index in [2.05, 4.69) is 10.4 Å². The number of nitrogens with one attached hydrogen (secondary N) is 1. The first kappa shape index (κ1) is 14.1. The highest BCUT2D eigenvalue weighted by Crippen LogP contribution is 2.17. The van der Waals surface area contributed by atoms with Crippen LogP contribution in [-0.2, 0) is 0 Å². The summed E-state index contributed by atoms with van der Waals surface area (Å²) in [4.78, 5) is 12.0. The summed E-state index contributed by atoms with van der Waals surface area (Å²) in [5.74, 6) is -0.614. The molecule has 0 fully saturated rings. The SMILES string of the molecule is CC(C)(N)CNC(=O)c1nn(-c2ccccc2)cc1O. The first-order chi connectivity index (χ1) is 9.37. The van der Waals surface area contributed by atoms with E-state index in [0.717, 1.165) is 5.69 Å². The Kier molecular flexibility index (Phi) is 3.76. The highest BCUT2D eigenvalue weighted by Gasteiger charge is 2.19. The van der Waals surface area contributed by atoms with Gasteiger partial charge >= 0.3 is 0 Å². The molecule has 6 nitrogen and oxygen atoms in total. The third kappa shape index (κ3) is 3.36. The van der Waals surface area contributed by atoms with Gasteiger partial charge in [-0.05, 0) is 26.0 Å². The molecule has 0 aliphatic rings. The molecular formula is C14H18N4O2. The number of rotatable bonds is 4. The van der Waals surface area contributed by atoms with Crippen molar-refractivity contribution < 1.29 is 9.90 Å². The molecule has 6 heteroatoms. The van der Waals surface area contributed by atoms with Crippen molar-refractivity contribution in [2.24, 2.45) is 5.73 Å². The standard InChI is InChI=1S/C14H18N4O2/c1-14(2,15)9-16-13(20)12-11(19)8-18(17-12)10-6-4-3-5-7-10/h3-8,19H,9,15H2,1-2H3,(H,16,20). The highest BCUT2D eigenvalue weighted by molar-refractivity contribution is 5.94. The van der Waals surface area contributed by atoms with E-state index in [4.69, 9.17) is 5.73 Å². The Labute approximate surface area is 117 Å². The summed E-state index contributed by atoms with van der Waals surface area (Å²) in [7, 11) is 0. The third-order valence-electron chi connectivity index (χ3n) is 2.64. The van der Waals surface area contributed by atoms with Crippen LogP contribution < -0.4 is 11.1 Å². The lowest BCUT2D eigenvalue weighted by molar-refractivity contribution is 0.0938. The van der Waals surface area contributed by atoms with Gasteiger partial charge in [-0.25, -0.2) is 4.68 Å². The minimum Gasteiger partial charge on any atom is -0.504 e. The summed E-state index contributed by atoms with van der Waals surface area (Å²) < 4.78 is 1.46. The average molecular weight is 274 g/mol. The van der Waals surface area contributed by atoms with Crippen molar-refractivity contribution >= 4 is 5.91 Å². The molecule has 1 aromatic heterocycles. The molecule has 1 aromatic carbocycles. The van der Waals surface area contributed by atoms with Gasteiger partial charge in [0, 0.05) is 12.1 Å². The van der Waals surface area contributed by atoms with Gasteiger partial charge in [-0.1, -0.05) is 18.2 Å². The zero-order valence-corrected chi connectivity index (χ0v) is 11.5. The Bertz CT molecular complexity index is 599.